The molecule has 1 aliphatic heterocycles. The molecule has 1 unspecified atom stereocenters. The maximum Gasteiger partial charge on any atom is 0.109 e. The fraction of sp³-hybridized carbons (Fsp3) is 0.714. The topological polar surface area (TPSA) is 9.23 Å². The Bertz CT molecular complexity index is 114. The highest BCUT2D eigenvalue weighted by molar-refractivity contribution is 4.98. The first-order valence-electron chi connectivity index (χ1n) is 2.97. The van der Waals surface area contributed by atoms with Gasteiger partial charge < -0.3 is 4.74 Å². The summed E-state index contributed by atoms with van der Waals surface area (Å²) in [5.41, 5.74) is 0.0417. The van der Waals surface area contributed by atoms with Gasteiger partial charge in [-0.15, -0.1) is 0 Å². The molecular weight excluding hydrogens is 100 g/mol. The normalized spacial score (nSPS) is 32.6. The summed E-state index contributed by atoms with van der Waals surface area (Å²) < 4.78 is 5.27. The molecule has 0 N–H and O–H groups in total. The molecule has 0 aromatic heterocycles. The lowest BCUT2D eigenvalue weighted by atomic mass is 9.95. The number of ether oxygens (including phenoxy) is 1. The second-order valence-electron chi connectivity index (χ2n) is 2.84. The van der Waals surface area contributed by atoms with Crippen LogP contribution in [0, 0.1) is 5.92 Å². The highest BCUT2D eigenvalue weighted by Gasteiger charge is 2.28. The van der Waals surface area contributed by atoms with Gasteiger partial charge in [-0.2, -0.15) is 0 Å². The van der Waals surface area contributed by atoms with Crippen molar-refractivity contribution in [2.24, 2.45) is 5.92 Å². The van der Waals surface area contributed by atoms with Crippen molar-refractivity contribution in [1.82, 2.24) is 0 Å². The zero-order valence-corrected chi connectivity index (χ0v) is 5.64. The van der Waals surface area contributed by atoms with Crippen LogP contribution < -0.4 is 0 Å². The Hall–Kier alpha value is -0.460. The summed E-state index contributed by atoms with van der Waals surface area (Å²) in [6.45, 7) is 6.35. The minimum atomic E-state index is 0.0417. The molecule has 1 heterocycles. The highest BCUT2D eigenvalue weighted by Crippen LogP contribution is 2.27. The summed E-state index contributed by atoms with van der Waals surface area (Å²) in [6.07, 6.45) is 3.87. The van der Waals surface area contributed by atoms with Crippen LogP contribution in [0.2, 0.25) is 0 Å². The zero-order chi connectivity index (χ0) is 6.20. The lowest BCUT2D eigenvalue weighted by Gasteiger charge is -2.22. The van der Waals surface area contributed by atoms with Crippen LogP contribution in [0.5, 0.6) is 0 Å². The molecule has 0 aromatic carbocycles. The van der Waals surface area contributed by atoms with Gasteiger partial charge in [0.05, 0.1) is 6.26 Å². The molecule has 0 radical (unpaired) electrons. The standard InChI is InChI=1S/C7H12O/c1-6-4-5-8-7(6,2)3/h4-6H,1-3H3. The molecule has 0 fully saturated rings. The van der Waals surface area contributed by atoms with Gasteiger partial charge in [-0.25, -0.2) is 0 Å². The van der Waals surface area contributed by atoms with Crippen molar-refractivity contribution in [1.29, 1.82) is 0 Å². The number of hydrogen-bond acceptors (Lipinski definition) is 1. The van der Waals surface area contributed by atoms with E-state index < -0.39 is 0 Å². The van der Waals surface area contributed by atoms with E-state index >= 15 is 0 Å². The van der Waals surface area contributed by atoms with Crippen molar-refractivity contribution < 1.29 is 4.74 Å². The molecule has 0 spiro atoms. The second-order valence-corrected chi connectivity index (χ2v) is 2.84. The molecule has 0 saturated heterocycles. The van der Waals surface area contributed by atoms with Crippen molar-refractivity contribution >= 4 is 0 Å². The van der Waals surface area contributed by atoms with Gasteiger partial charge in [0.2, 0.25) is 0 Å². The minimum Gasteiger partial charge on any atom is -0.495 e. The molecule has 0 aliphatic carbocycles. The Morgan fingerprint density at radius 1 is 1.50 bits per heavy atom. The monoisotopic (exact) mass is 112 g/mol. The van der Waals surface area contributed by atoms with E-state index in [-0.39, 0.29) is 5.60 Å². The third-order valence-electron chi connectivity index (χ3n) is 1.84. The summed E-state index contributed by atoms with van der Waals surface area (Å²) in [5, 5.41) is 0. The van der Waals surface area contributed by atoms with Crippen LogP contribution >= 0.6 is 0 Å². The largest absolute Gasteiger partial charge is 0.495 e. The van der Waals surface area contributed by atoms with E-state index in [4.69, 9.17) is 4.74 Å². The molecule has 0 aromatic rings. The third kappa shape index (κ3) is 0.726. The fourth-order valence-electron chi connectivity index (χ4n) is 0.672. The Labute approximate surface area is 50.3 Å². The van der Waals surface area contributed by atoms with Crippen LogP contribution in [0.3, 0.4) is 0 Å². The average Bonchev–Trinajstić information content (AvgIpc) is 1.86. The smallest absolute Gasteiger partial charge is 0.109 e. The molecule has 0 amide bonds. The van der Waals surface area contributed by atoms with E-state index in [2.05, 4.69) is 26.8 Å². The van der Waals surface area contributed by atoms with Gasteiger partial charge in [0.1, 0.15) is 5.60 Å². The van der Waals surface area contributed by atoms with Crippen molar-refractivity contribution in [3.05, 3.63) is 12.3 Å². The molecule has 0 bridgehead atoms. The lowest BCUT2D eigenvalue weighted by molar-refractivity contribution is 0.0511. The Morgan fingerprint density at radius 3 is 2.25 bits per heavy atom. The summed E-state index contributed by atoms with van der Waals surface area (Å²) in [5.74, 6) is 0.558. The predicted molar refractivity (Wildman–Crippen MR) is 33.5 cm³/mol. The lowest BCUT2D eigenvalue weighted by Crippen LogP contribution is -2.25. The van der Waals surface area contributed by atoms with E-state index in [1.807, 2.05) is 0 Å². The van der Waals surface area contributed by atoms with Crippen LogP contribution in [0.25, 0.3) is 0 Å². The van der Waals surface area contributed by atoms with Gasteiger partial charge in [-0.05, 0) is 19.9 Å². The quantitative estimate of drug-likeness (QED) is 0.465. The van der Waals surface area contributed by atoms with E-state index in [0.717, 1.165) is 0 Å². The second kappa shape index (κ2) is 1.51. The summed E-state index contributed by atoms with van der Waals surface area (Å²) in [6, 6.07) is 0. The first-order valence-corrected chi connectivity index (χ1v) is 2.97. The van der Waals surface area contributed by atoms with Crippen molar-refractivity contribution in [3.63, 3.8) is 0 Å². The molecule has 1 aliphatic rings. The molecule has 46 valence electrons. The van der Waals surface area contributed by atoms with Crippen molar-refractivity contribution in [2.75, 3.05) is 0 Å². The van der Waals surface area contributed by atoms with Gasteiger partial charge >= 0.3 is 0 Å². The molecule has 1 heteroatoms. The van der Waals surface area contributed by atoms with Gasteiger partial charge in [-0.3, -0.25) is 0 Å². The van der Waals surface area contributed by atoms with Crippen molar-refractivity contribution in [3.8, 4) is 0 Å². The minimum absolute atomic E-state index is 0.0417. The van der Waals surface area contributed by atoms with Crippen LogP contribution in [0.4, 0.5) is 0 Å². The Morgan fingerprint density at radius 2 is 2.12 bits per heavy atom. The van der Waals surface area contributed by atoms with E-state index in [0.29, 0.717) is 5.92 Å². The molecule has 8 heavy (non-hydrogen) atoms. The van der Waals surface area contributed by atoms with Gasteiger partial charge in [0, 0.05) is 5.92 Å². The first kappa shape index (κ1) is 5.67. The van der Waals surface area contributed by atoms with Crippen LogP contribution in [0.1, 0.15) is 20.8 Å². The molecule has 1 rings (SSSR count). The number of hydrogen-bond donors (Lipinski definition) is 0. The van der Waals surface area contributed by atoms with Crippen molar-refractivity contribution in [2.45, 2.75) is 26.4 Å². The molecule has 0 saturated carbocycles. The molecule has 1 nitrogen and oxygen atoms in total. The van der Waals surface area contributed by atoms with Crippen LogP contribution in [-0.2, 0) is 4.74 Å². The fourth-order valence-corrected chi connectivity index (χ4v) is 0.672. The Kier molecular flexibility index (Phi) is 1.07. The van der Waals surface area contributed by atoms with Crippen LogP contribution in [-0.4, -0.2) is 5.60 Å². The Balaban J connectivity index is 2.64. The van der Waals surface area contributed by atoms with Gasteiger partial charge in [0.15, 0.2) is 0 Å². The van der Waals surface area contributed by atoms with E-state index in [1.54, 1.807) is 6.26 Å². The van der Waals surface area contributed by atoms with Gasteiger partial charge in [0.25, 0.3) is 0 Å². The van der Waals surface area contributed by atoms with Crippen LogP contribution in [0.15, 0.2) is 12.3 Å². The highest BCUT2D eigenvalue weighted by atomic mass is 16.5. The summed E-state index contributed by atoms with van der Waals surface area (Å²) >= 11 is 0. The molecular formula is C7H12O. The number of rotatable bonds is 0. The zero-order valence-electron chi connectivity index (χ0n) is 5.64. The SMILES string of the molecule is CC1C=COC1(C)C. The third-order valence-corrected chi connectivity index (χ3v) is 1.84. The summed E-state index contributed by atoms with van der Waals surface area (Å²) in [4.78, 5) is 0. The molecule has 1 atom stereocenters. The first-order chi connectivity index (χ1) is 3.63. The maximum absolute atomic E-state index is 5.27. The predicted octanol–water partition coefficient (Wildman–Crippen LogP) is 1.95. The maximum atomic E-state index is 5.27. The summed E-state index contributed by atoms with van der Waals surface area (Å²) in [7, 11) is 0. The van der Waals surface area contributed by atoms with Gasteiger partial charge in [-0.1, -0.05) is 6.92 Å². The average molecular weight is 112 g/mol. The van der Waals surface area contributed by atoms with E-state index in [9.17, 15) is 0 Å². The van der Waals surface area contributed by atoms with E-state index in [1.165, 1.54) is 0 Å².